The molecule has 160 valence electrons. The average Bonchev–Trinajstić information content (AvgIpc) is 3.48. The van der Waals surface area contributed by atoms with Gasteiger partial charge in [0.25, 0.3) is 5.91 Å². The van der Waals surface area contributed by atoms with Gasteiger partial charge in [0.2, 0.25) is 5.91 Å². The molecule has 1 aliphatic rings. The number of rotatable bonds is 5. The van der Waals surface area contributed by atoms with E-state index in [4.69, 9.17) is 11.6 Å². The molecule has 3 aromatic rings. The fourth-order valence-corrected chi connectivity index (χ4v) is 4.36. The summed E-state index contributed by atoms with van der Waals surface area (Å²) in [6, 6.07) is 0. The molecule has 1 saturated heterocycles. The fourth-order valence-electron chi connectivity index (χ4n) is 3.34. The molecule has 0 atom stereocenters. The summed E-state index contributed by atoms with van der Waals surface area (Å²) in [7, 11) is 1.74. The van der Waals surface area contributed by atoms with Gasteiger partial charge in [0.05, 0.1) is 24.0 Å². The van der Waals surface area contributed by atoms with E-state index in [9.17, 15) is 9.59 Å². The van der Waals surface area contributed by atoms with Crippen molar-refractivity contribution in [1.82, 2.24) is 34.8 Å². The van der Waals surface area contributed by atoms with Crippen LogP contribution >= 0.6 is 22.9 Å². The first-order valence-electron chi connectivity index (χ1n) is 9.64. The third-order valence-corrected chi connectivity index (χ3v) is 6.19. The lowest BCUT2D eigenvalue weighted by atomic mass is 10.2. The highest BCUT2D eigenvalue weighted by Crippen LogP contribution is 2.23. The van der Waals surface area contributed by atoms with E-state index in [1.807, 2.05) is 12.3 Å². The maximum absolute atomic E-state index is 12.9. The molecule has 9 nitrogen and oxygen atoms in total. The van der Waals surface area contributed by atoms with Crippen molar-refractivity contribution in [2.75, 3.05) is 13.1 Å². The van der Waals surface area contributed by atoms with Crippen molar-refractivity contribution in [2.24, 2.45) is 7.05 Å². The lowest BCUT2D eigenvalue weighted by Gasteiger charge is -2.26. The monoisotopic (exact) mass is 457 g/mol. The Hall–Kier alpha value is -3.11. The number of halogens is 1. The standard InChI is InChI=1S/C20H20ClN7O2S/c1-13-15(19(21)26(2)25-13)4-5-17(29)27-8-3-9-28(27)18(30)10-14-12-31-20(24-14)16-11-22-6-7-23-16/h4-7,11-12H,3,8-10H2,1-2H3. The van der Waals surface area contributed by atoms with Crippen LogP contribution in [0.25, 0.3) is 16.8 Å². The maximum Gasteiger partial charge on any atom is 0.265 e. The minimum atomic E-state index is -0.274. The Morgan fingerprint density at radius 2 is 2.06 bits per heavy atom. The Balaban J connectivity index is 1.43. The average molecular weight is 458 g/mol. The van der Waals surface area contributed by atoms with Crippen molar-refractivity contribution in [3.63, 3.8) is 0 Å². The molecular weight excluding hydrogens is 438 g/mol. The first-order chi connectivity index (χ1) is 14.9. The van der Waals surface area contributed by atoms with E-state index < -0.39 is 0 Å². The van der Waals surface area contributed by atoms with Gasteiger partial charge in [-0.25, -0.2) is 9.99 Å². The number of aryl methyl sites for hydroxylation is 2. The maximum atomic E-state index is 12.9. The molecule has 4 heterocycles. The van der Waals surface area contributed by atoms with E-state index in [0.717, 1.165) is 12.1 Å². The zero-order chi connectivity index (χ0) is 22.0. The first kappa shape index (κ1) is 21.1. The van der Waals surface area contributed by atoms with E-state index in [1.165, 1.54) is 27.4 Å². The summed E-state index contributed by atoms with van der Waals surface area (Å²) >= 11 is 7.63. The molecule has 11 heteroatoms. The third kappa shape index (κ3) is 4.49. The molecule has 0 saturated carbocycles. The van der Waals surface area contributed by atoms with Crippen molar-refractivity contribution < 1.29 is 9.59 Å². The van der Waals surface area contributed by atoms with Gasteiger partial charge in [0, 0.05) is 49.6 Å². The van der Waals surface area contributed by atoms with Crippen LogP contribution in [-0.2, 0) is 23.1 Å². The van der Waals surface area contributed by atoms with Gasteiger partial charge in [-0.1, -0.05) is 11.6 Å². The molecule has 2 amide bonds. The van der Waals surface area contributed by atoms with Crippen molar-refractivity contribution in [2.45, 2.75) is 19.8 Å². The molecule has 4 rings (SSSR count). The molecule has 0 bridgehead atoms. The van der Waals surface area contributed by atoms with Crippen molar-refractivity contribution in [3.8, 4) is 10.7 Å². The SMILES string of the molecule is Cc1nn(C)c(Cl)c1C=CC(=O)N1CCCN1C(=O)Cc1csc(-c2cnccn2)n1. The number of aromatic nitrogens is 5. The van der Waals surface area contributed by atoms with E-state index in [0.29, 0.717) is 40.2 Å². The number of carbonyl (C=O) groups is 2. The van der Waals surface area contributed by atoms with E-state index in [-0.39, 0.29) is 18.2 Å². The molecule has 1 aliphatic heterocycles. The summed E-state index contributed by atoms with van der Waals surface area (Å²) in [5.41, 5.74) is 2.73. The van der Waals surface area contributed by atoms with Crippen LogP contribution in [0, 0.1) is 6.92 Å². The summed E-state index contributed by atoms with van der Waals surface area (Å²) < 4.78 is 1.55. The number of hydrogen-bond acceptors (Lipinski definition) is 7. The third-order valence-electron chi connectivity index (χ3n) is 4.83. The number of amides is 2. The van der Waals surface area contributed by atoms with Crippen LogP contribution in [-0.4, -0.2) is 59.7 Å². The zero-order valence-corrected chi connectivity index (χ0v) is 18.6. The van der Waals surface area contributed by atoms with Gasteiger partial charge in [-0.3, -0.25) is 29.2 Å². The van der Waals surface area contributed by atoms with Gasteiger partial charge in [-0.05, 0) is 19.4 Å². The predicted octanol–water partition coefficient (Wildman–Crippen LogP) is 2.53. The summed E-state index contributed by atoms with van der Waals surface area (Å²) in [4.78, 5) is 38.4. The quantitative estimate of drug-likeness (QED) is 0.546. The molecule has 0 N–H and O–H groups in total. The Bertz CT molecular complexity index is 1140. The zero-order valence-electron chi connectivity index (χ0n) is 17.0. The van der Waals surface area contributed by atoms with Crippen LogP contribution in [0.15, 0.2) is 30.0 Å². The van der Waals surface area contributed by atoms with Gasteiger partial charge < -0.3 is 0 Å². The molecule has 1 fully saturated rings. The van der Waals surface area contributed by atoms with Crippen LogP contribution in [0.3, 0.4) is 0 Å². The lowest BCUT2D eigenvalue weighted by Crippen LogP contribution is -2.44. The van der Waals surface area contributed by atoms with Crippen LogP contribution in [0.1, 0.15) is 23.4 Å². The fraction of sp³-hybridized carbons (Fsp3) is 0.300. The Morgan fingerprint density at radius 3 is 2.77 bits per heavy atom. The largest absolute Gasteiger partial charge is 0.273 e. The van der Waals surface area contributed by atoms with Gasteiger partial charge in [-0.15, -0.1) is 11.3 Å². The van der Waals surface area contributed by atoms with Crippen LogP contribution in [0.4, 0.5) is 0 Å². The molecule has 0 spiro atoms. The summed E-state index contributed by atoms with van der Waals surface area (Å²) in [6.45, 7) is 2.80. The predicted molar refractivity (Wildman–Crippen MR) is 117 cm³/mol. The molecule has 3 aromatic heterocycles. The second kappa shape index (κ2) is 8.94. The number of hydrazine groups is 1. The minimum Gasteiger partial charge on any atom is -0.273 e. The van der Waals surface area contributed by atoms with E-state index >= 15 is 0 Å². The number of hydrogen-bond donors (Lipinski definition) is 0. The molecule has 31 heavy (non-hydrogen) atoms. The van der Waals surface area contributed by atoms with Crippen LogP contribution in [0.5, 0.6) is 0 Å². The second-order valence-corrected chi connectivity index (χ2v) is 8.21. The molecule has 0 radical (unpaired) electrons. The molecule has 0 aliphatic carbocycles. The smallest absolute Gasteiger partial charge is 0.265 e. The molecular formula is C20H20ClN7O2S. The van der Waals surface area contributed by atoms with E-state index in [1.54, 1.807) is 36.4 Å². The van der Waals surface area contributed by atoms with Crippen LogP contribution in [0.2, 0.25) is 5.15 Å². The summed E-state index contributed by atoms with van der Waals surface area (Å²) in [5, 5.41) is 10.2. The molecule has 0 unspecified atom stereocenters. The van der Waals surface area contributed by atoms with Crippen LogP contribution < -0.4 is 0 Å². The Labute approximate surface area is 188 Å². The summed E-state index contributed by atoms with van der Waals surface area (Å²) in [6.07, 6.45) is 8.73. The highest BCUT2D eigenvalue weighted by molar-refractivity contribution is 7.13. The van der Waals surface area contributed by atoms with Gasteiger partial charge in [0.15, 0.2) is 0 Å². The van der Waals surface area contributed by atoms with Gasteiger partial charge >= 0.3 is 0 Å². The highest BCUT2D eigenvalue weighted by Gasteiger charge is 2.30. The van der Waals surface area contributed by atoms with Crippen molar-refractivity contribution in [3.05, 3.63) is 52.2 Å². The number of carbonyl (C=O) groups excluding carboxylic acids is 2. The topological polar surface area (TPSA) is 97.1 Å². The van der Waals surface area contributed by atoms with E-state index in [2.05, 4.69) is 20.1 Å². The Morgan fingerprint density at radius 1 is 1.26 bits per heavy atom. The van der Waals surface area contributed by atoms with Gasteiger partial charge in [0.1, 0.15) is 15.9 Å². The number of thiazole rings is 1. The number of nitrogens with zero attached hydrogens (tertiary/aromatic N) is 7. The Kier molecular flexibility index (Phi) is 6.10. The second-order valence-electron chi connectivity index (χ2n) is 6.99. The highest BCUT2D eigenvalue weighted by atomic mass is 35.5. The van der Waals surface area contributed by atoms with Crippen molar-refractivity contribution in [1.29, 1.82) is 0 Å². The van der Waals surface area contributed by atoms with Gasteiger partial charge in [-0.2, -0.15) is 5.10 Å². The molecule has 0 aromatic carbocycles. The summed E-state index contributed by atoms with van der Waals surface area (Å²) in [5.74, 6) is -0.450. The normalized spacial score (nSPS) is 14.0. The first-order valence-corrected chi connectivity index (χ1v) is 10.9. The van der Waals surface area contributed by atoms with Crippen molar-refractivity contribution >= 4 is 40.8 Å². The minimum absolute atomic E-state index is 0.109. The lowest BCUT2D eigenvalue weighted by molar-refractivity contribution is -0.154.